The van der Waals surface area contributed by atoms with Crippen molar-refractivity contribution < 1.29 is 14.8 Å². The van der Waals surface area contributed by atoms with Gasteiger partial charge in [-0.1, -0.05) is 19.8 Å². The molecule has 0 saturated heterocycles. The van der Waals surface area contributed by atoms with Gasteiger partial charge >= 0.3 is 0 Å². The van der Waals surface area contributed by atoms with Crippen LogP contribution in [-0.2, 0) is 9.59 Å². The van der Waals surface area contributed by atoms with Gasteiger partial charge in [-0.15, -0.1) is 0 Å². The second-order valence-corrected chi connectivity index (χ2v) is 5.97. The number of amides is 2. The Morgan fingerprint density at radius 3 is 2.35 bits per heavy atom. The molecule has 1 rings (SSSR count). The lowest BCUT2D eigenvalue weighted by Crippen LogP contribution is -2.20. The molecule has 0 heterocycles. The minimum atomic E-state index is -0.364. The largest absolute Gasteiger partial charge is 0.378 e. The van der Waals surface area contributed by atoms with Crippen LogP contribution in [0, 0.1) is 5.92 Å². The second kappa shape index (κ2) is 9.84. The summed E-state index contributed by atoms with van der Waals surface area (Å²) in [6.07, 6.45) is 3.56. The van der Waals surface area contributed by atoms with Crippen LogP contribution in [0.3, 0.4) is 0 Å². The van der Waals surface area contributed by atoms with Gasteiger partial charge in [-0.3, -0.25) is 14.8 Å². The van der Waals surface area contributed by atoms with Crippen LogP contribution in [0.1, 0.15) is 39.0 Å². The van der Waals surface area contributed by atoms with Gasteiger partial charge in [0.25, 0.3) is 0 Å². The molecule has 1 aromatic carbocycles. The van der Waals surface area contributed by atoms with E-state index in [9.17, 15) is 9.59 Å². The quantitative estimate of drug-likeness (QED) is 0.371. The summed E-state index contributed by atoms with van der Waals surface area (Å²) in [6, 6.07) is 7.72. The molecule has 0 aliphatic carbocycles. The Morgan fingerprint density at radius 2 is 1.78 bits per heavy atom. The van der Waals surface area contributed by atoms with Gasteiger partial charge in [0.1, 0.15) is 0 Å². The summed E-state index contributed by atoms with van der Waals surface area (Å²) in [5.74, 6) is -0.428. The fraction of sp³-hybridized carbons (Fsp3) is 0.529. The maximum Gasteiger partial charge on any atom is 0.243 e. The van der Waals surface area contributed by atoms with E-state index in [1.54, 1.807) is 5.48 Å². The number of rotatable bonds is 9. The Hall–Kier alpha value is -2.08. The van der Waals surface area contributed by atoms with E-state index in [1.165, 1.54) is 0 Å². The molecule has 0 bridgehead atoms. The Bertz CT molecular complexity index is 500. The van der Waals surface area contributed by atoms with E-state index in [4.69, 9.17) is 5.21 Å². The summed E-state index contributed by atoms with van der Waals surface area (Å²) in [4.78, 5) is 25.0. The lowest BCUT2D eigenvalue weighted by molar-refractivity contribution is -0.129. The van der Waals surface area contributed by atoms with Crippen LogP contribution in [0.4, 0.5) is 11.4 Å². The fourth-order valence-electron chi connectivity index (χ4n) is 2.21. The number of hydroxylamine groups is 1. The Kier molecular flexibility index (Phi) is 8.11. The van der Waals surface area contributed by atoms with Crippen molar-refractivity contribution in [2.75, 3.05) is 24.3 Å². The number of benzene rings is 1. The average Bonchev–Trinajstić information content (AvgIpc) is 2.54. The van der Waals surface area contributed by atoms with E-state index < -0.39 is 0 Å². The second-order valence-electron chi connectivity index (χ2n) is 5.97. The van der Waals surface area contributed by atoms with Crippen LogP contribution in [0.15, 0.2) is 24.3 Å². The molecule has 1 atom stereocenters. The molecule has 0 aliphatic heterocycles. The number of unbranched alkanes of at least 4 members (excludes halogenated alkanes) is 2. The first-order valence-corrected chi connectivity index (χ1v) is 7.95. The molecule has 0 saturated carbocycles. The van der Waals surface area contributed by atoms with Gasteiger partial charge < -0.3 is 10.2 Å². The van der Waals surface area contributed by atoms with Crippen molar-refractivity contribution in [3.8, 4) is 0 Å². The van der Waals surface area contributed by atoms with Crippen molar-refractivity contribution in [1.29, 1.82) is 0 Å². The molecule has 1 unspecified atom stereocenters. The highest BCUT2D eigenvalue weighted by molar-refractivity contribution is 5.92. The maximum absolute atomic E-state index is 12.1. The number of nitrogens with one attached hydrogen (secondary N) is 2. The van der Waals surface area contributed by atoms with Gasteiger partial charge in [0.05, 0.1) is 0 Å². The molecule has 3 N–H and O–H groups in total. The Balaban J connectivity index is 2.29. The van der Waals surface area contributed by atoms with Crippen LogP contribution in [0.25, 0.3) is 0 Å². The average molecular weight is 321 g/mol. The first kappa shape index (κ1) is 19.0. The van der Waals surface area contributed by atoms with E-state index in [2.05, 4.69) is 5.32 Å². The van der Waals surface area contributed by atoms with Gasteiger partial charge in [0, 0.05) is 37.8 Å². The summed E-state index contributed by atoms with van der Waals surface area (Å²) in [7, 11) is 3.94. The molecule has 6 heteroatoms. The Labute approximate surface area is 137 Å². The zero-order chi connectivity index (χ0) is 17.2. The number of anilines is 2. The first-order chi connectivity index (χ1) is 10.9. The summed E-state index contributed by atoms with van der Waals surface area (Å²) in [5.41, 5.74) is 3.50. The molecule has 0 aromatic heterocycles. The van der Waals surface area contributed by atoms with Crippen molar-refractivity contribution in [2.24, 2.45) is 5.92 Å². The van der Waals surface area contributed by atoms with E-state index in [-0.39, 0.29) is 17.7 Å². The molecule has 6 nitrogen and oxygen atoms in total. The van der Waals surface area contributed by atoms with Crippen LogP contribution in [0.2, 0.25) is 0 Å². The zero-order valence-electron chi connectivity index (χ0n) is 14.1. The van der Waals surface area contributed by atoms with E-state index in [1.807, 2.05) is 50.2 Å². The highest BCUT2D eigenvalue weighted by atomic mass is 16.5. The SMILES string of the molecule is CC(CCCCCC(=O)NO)C(=O)Nc1ccc(N(C)C)cc1. The third-order valence-corrected chi connectivity index (χ3v) is 3.76. The first-order valence-electron chi connectivity index (χ1n) is 7.95. The smallest absolute Gasteiger partial charge is 0.243 e. The van der Waals surface area contributed by atoms with Gasteiger partial charge in [0.2, 0.25) is 11.8 Å². The highest BCUT2D eigenvalue weighted by Crippen LogP contribution is 2.18. The molecule has 0 aliphatic rings. The van der Waals surface area contributed by atoms with Gasteiger partial charge in [-0.2, -0.15) is 0 Å². The molecular formula is C17H27N3O3. The standard InChI is InChI=1S/C17H27N3O3/c1-13(7-5-4-6-8-16(21)19-23)17(22)18-14-9-11-15(12-10-14)20(2)3/h9-13,23H,4-8H2,1-3H3,(H,18,22)(H,19,21). The molecular weight excluding hydrogens is 294 g/mol. The van der Waals surface area contributed by atoms with E-state index in [0.29, 0.717) is 12.8 Å². The molecule has 128 valence electrons. The summed E-state index contributed by atoms with van der Waals surface area (Å²) >= 11 is 0. The predicted molar refractivity (Wildman–Crippen MR) is 91.6 cm³/mol. The van der Waals surface area contributed by atoms with Crippen LogP contribution >= 0.6 is 0 Å². The zero-order valence-corrected chi connectivity index (χ0v) is 14.1. The van der Waals surface area contributed by atoms with Crippen LogP contribution < -0.4 is 15.7 Å². The lowest BCUT2D eigenvalue weighted by atomic mass is 10.0. The third kappa shape index (κ3) is 7.15. The summed E-state index contributed by atoms with van der Waals surface area (Å²) < 4.78 is 0. The summed E-state index contributed by atoms with van der Waals surface area (Å²) in [6.45, 7) is 1.91. The van der Waals surface area contributed by atoms with Gasteiger partial charge in [-0.25, -0.2) is 5.48 Å². The van der Waals surface area contributed by atoms with Crippen molar-refractivity contribution in [3.63, 3.8) is 0 Å². The van der Waals surface area contributed by atoms with Crippen molar-refractivity contribution >= 4 is 23.2 Å². The molecule has 1 aromatic rings. The Morgan fingerprint density at radius 1 is 1.13 bits per heavy atom. The highest BCUT2D eigenvalue weighted by Gasteiger charge is 2.12. The predicted octanol–water partition coefficient (Wildman–Crippen LogP) is 2.78. The molecule has 23 heavy (non-hydrogen) atoms. The minimum Gasteiger partial charge on any atom is -0.378 e. The van der Waals surface area contributed by atoms with E-state index >= 15 is 0 Å². The molecule has 0 spiro atoms. The number of hydrogen-bond acceptors (Lipinski definition) is 4. The summed E-state index contributed by atoms with van der Waals surface area (Å²) in [5, 5.41) is 11.3. The lowest BCUT2D eigenvalue weighted by Gasteiger charge is -2.15. The number of carbonyl (C=O) groups is 2. The monoisotopic (exact) mass is 321 g/mol. The molecule has 2 amide bonds. The van der Waals surface area contributed by atoms with Gasteiger partial charge in [-0.05, 0) is 37.1 Å². The maximum atomic E-state index is 12.1. The van der Waals surface area contributed by atoms with Crippen molar-refractivity contribution in [1.82, 2.24) is 5.48 Å². The third-order valence-electron chi connectivity index (χ3n) is 3.76. The fourth-order valence-corrected chi connectivity index (χ4v) is 2.21. The van der Waals surface area contributed by atoms with Crippen LogP contribution in [0.5, 0.6) is 0 Å². The number of nitrogens with zero attached hydrogens (tertiary/aromatic N) is 1. The number of hydrogen-bond donors (Lipinski definition) is 3. The van der Waals surface area contributed by atoms with Crippen LogP contribution in [-0.4, -0.2) is 31.1 Å². The molecule has 0 fully saturated rings. The van der Waals surface area contributed by atoms with Crippen molar-refractivity contribution in [3.05, 3.63) is 24.3 Å². The van der Waals surface area contributed by atoms with Gasteiger partial charge in [0.15, 0.2) is 0 Å². The van der Waals surface area contributed by atoms with Crippen molar-refractivity contribution in [2.45, 2.75) is 39.0 Å². The topological polar surface area (TPSA) is 81.7 Å². The number of carbonyl (C=O) groups excluding carboxylic acids is 2. The normalized spacial score (nSPS) is 11.7. The van der Waals surface area contributed by atoms with E-state index in [0.717, 1.165) is 30.6 Å². The molecule has 0 radical (unpaired) electrons. The minimum absolute atomic E-state index is 0.00991.